The van der Waals surface area contributed by atoms with E-state index in [0.29, 0.717) is 22.4 Å². The molecule has 0 saturated carbocycles. The number of hydrogen-bond acceptors (Lipinski definition) is 5. The minimum atomic E-state index is -1.41. The SMILES string of the molecule is CC(=N[S@+]([O-])C(C)(C)C)c1cc(C)cc2c(=O)n(C)c(-c3cnc(C)cc3C)nc12. The highest BCUT2D eigenvalue weighted by Crippen LogP contribution is 2.26. The fraction of sp³-hybridized carbons (Fsp3) is 0.391. The van der Waals surface area contributed by atoms with E-state index in [0.717, 1.165) is 27.9 Å². The van der Waals surface area contributed by atoms with Gasteiger partial charge in [0.05, 0.1) is 16.6 Å². The number of nitrogens with zero attached hydrogens (tertiary/aromatic N) is 4. The van der Waals surface area contributed by atoms with Crippen molar-refractivity contribution in [2.24, 2.45) is 11.4 Å². The zero-order valence-electron chi connectivity index (χ0n) is 18.8. The first-order valence-corrected chi connectivity index (χ1v) is 10.9. The summed E-state index contributed by atoms with van der Waals surface area (Å²) in [6, 6.07) is 5.75. The van der Waals surface area contributed by atoms with Crippen LogP contribution in [0.4, 0.5) is 0 Å². The summed E-state index contributed by atoms with van der Waals surface area (Å²) in [7, 11) is 1.72. The lowest BCUT2D eigenvalue weighted by atomic mass is 10.0. The second kappa shape index (κ2) is 7.96. The maximum atomic E-state index is 13.2. The van der Waals surface area contributed by atoms with Crippen molar-refractivity contribution in [2.75, 3.05) is 0 Å². The lowest BCUT2D eigenvalue weighted by Gasteiger charge is -2.19. The molecule has 30 heavy (non-hydrogen) atoms. The van der Waals surface area contributed by atoms with E-state index >= 15 is 0 Å². The van der Waals surface area contributed by atoms with Crippen LogP contribution in [0.2, 0.25) is 0 Å². The van der Waals surface area contributed by atoms with Crippen LogP contribution in [0.3, 0.4) is 0 Å². The minimum absolute atomic E-state index is 0.135. The molecule has 6 nitrogen and oxygen atoms in total. The third-order valence-electron chi connectivity index (χ3n) is 4.95. The summed E-state index contributed by atoms with van der Waals surface area (Å²) < 4.78 is 18.1. The van der Waals surface area contributed by atoms with Crippen LogP contribution in [-0.4, -0.2) is 29.5 Å². The zero-order valence-corrected chi connectivity index (χ0v) is 19.6. The maximum absolute atomic E-state index is 13.2. The average Bonchev–Trinajstić information content (AvgIpc) is 2.64. The fourth-order valence-corrected chi connectivity index (χ4v) is 3.90. The van der Waals surface area contributed by atoms with Gasteiger partial charge < -0.3 is 4.55 Å². The molecule has 0 bridgehead atoms. The van der Waals surface area contributed by atoms with Crippen LogP contribution in [0.5, 0.6) is 0 Å². The summed E-state index contributed by atoms with van der Waals surface area (Å²) in [5, 5.41) is 0.519. The summed E-state index contributed by atoms with van der Waals surface area (Å²) in [5.74, 6) is 0.548. The lowest BCUT2D eigenvalue weighted by Crippen LogP contribution is -2.27. The Labute approximate surface area is 180 Å². The molecule has 0 amide bonds. The molecule has 3 aromatic rings. The van der Waals surface area contributed by atoms with Crippen LogP contribution in [0.1, 0.15) is 50.1 Å². The van der Waals surface area contributed by atoms with Crippen molar-refractivity contribution >= 4 is 28.0 Å². The summed E-state index contributed by atoms with van der Waals surface area (Å²) in [5.41, 5.74) is 5.38. The van der Waals surface area contributed by atoms with Gasteiger partial charge in [-0.3, -0.25) is 14.3 Å². The van der Waals surface area contributed by atoms with Crippen molar-refractivity contribution in [3.63, 3.8) is 0 Å². The Morgan fingerprint density at radius 2 is 1.83 bits per heavy atom. The summed E-state index contributed by atoms with van der Waals surface area (Å²) in [6.07, 6.45) is 1.75. The Kier molecular flexibility index (Phi) is 5.89. The Morgan fingerprint density at radius 1 is 1.17 bits per heavy atom. The standard InChI is InChI=1S/C23H28N4O2S/c1-13-9-17(16(4)26-30(29)23(5,6)7)20-18(10-13)22(28)27(8)21(25-20)19-12-24-15(3)11-14(19)2/h9-12H,1-8H3/t30-/m1/s1. The first kappa shape index (κ1) is 22.2. The molecule has 0 saturated heterocycles. The van der Waals surface area contributed by atoms with E-state index in [9.17, 15) is 9.35 Å². The molecule has 0 radical (unpaired) electrons. The molecule has 1 aromatic carbocycles. The van der Waals surface area contributed by atoms with Gasteiger partial charge in [0.25, 0.3) is 5.56 Å². The van der Waals surface area contributed by atoms with Crippen LogP contribution in [0, 0.1) is 20.8 Å². The Morgan fingerprint density at radius 3 is 2.43 bits per heavy atom. The molecule has 2 aromatic heterocycles. The molecule has 0 aliphatic rings. The highest BCUT2D eigenvalue weighted by atomic mass is 32.2. The van der Waals surface area contributed by atoms with E-state index in [1.165, 1.54) is 0 Å². The lowest BCUT2D eigenvalue weighted by molar-refractivity contribution is 0.561. The maximum Gasteiger partial charge on any atom is 0.261 e. The molecule has 3 rings (SSSR count). The number of rotatable bonds is 3. The van der Waals surface area contributed by atoms with E-state index in [4.69, 9.17) is 4.98 Å². The number of aryl methyl sites for hydroxylation is 3. The van der Waals surface area contributed by atoms with Gasteiger partial charge in [0.1, 0.15) is 21.9 Å². The Hall–Kier alpha value is -2.51. The van der Waals surface area contributed by atoms with Crippen molar-refractivity contribution in [1.29, 1.82) is 0 Å². The van der Waals surface area contributed by atoms with E-state index in [2.05, 4.69) is 9.38 Å². The molecule has 0 fully saturated rings. The monoisotopic (exact) mass is 424 g/mol. The topological polar surface area (TPSA) is 83.2 Å². The van der Waals surface area contributed by atoms with Gasteiger partial charge in [-0.2, -0.15) is 0 Å². The normalized spacial score (nSPS) is 13.7. The smallest absolute Gasteiger partial charge is 0.261 e. The molecular weight excluding hydrogens is 396 g/mol. The largest absolute Gasteiger partial charge is 0.591 e. The Balaban J connectivity index is 2.34. The highest BCUT2D eigenvalue weighted by Gasteiger charge is 2.27. The minimum Gasteiger partial charge on any atom is -0.591 e. The van der Waals surface area contributed by atoms with Gasteiger partial charge in [-0.1, -0.05) is 4.40 Å². The molecule has 0 aliphatic carbocycles. The molecule has 0 spiro atoms. The predicted octanol–water partition coefficient (Wildman–Crippen LogP) is 4.19. The van der Waals surface area contributed by atoms with Crippen molar-refractivity contribution in [3.05, 3.63) is 57.1 Å². The van der Waals surface area contributed by atoms with Gasteiger partial charge >= 0.3 is 0 Å². The second-order valence-electron chi connectivity index (χ2n) is 8.69. The summed E-state index contributed by atoms with van der Waals surface area (Å²) in [4.78, 5) is 22.5. The van der Waals surface area contributed by atoms with Crippen molar-refractivity contribution in [3.8, 4) is 11.4 Å². The summed E-state index contributed by atoms with van der Waals surface area (Å²) >= 11 is -1.41. The molecule has 7 heteroatoms. The molecule has 0 N–H and O–H groups in total. The molecule has 2 heterocycles. The first-order valence-electron chi connectivity index (χ1n) is 9.83. The average molecular weight is 425 g/mol. The van der Waals surface area contributed by atoms with Gasteiger partial charge in [0, 0.05) is 30.1 Å². The number of benzene rings is 1. The predicted molar refractivity (Wildman–Crippen MR) is 125 cm³/mol. The van der Waals surface area contributed by atoms with Crippen LogP contribution >= 0.6 is 0 Å². The third-order valence-corrected chi connectivity index (χ3v) is 6.43. The van der Waals surface area contributed by atoms with Gasteiger partial charge in [-0.05, 0) is 77.8 Å². The van der Waals surface area contributed by atoms with Gasteiger partial charge in [-0.25, -0.2) is 4.98 Å². The molecule has 158 valence electrons. The third kappa shape index (κ3) is 4.18. The first-order chi connectivity index (χ1) is 13.9. The zero-order chi connectivity index (χ0) is 22.4. The van der Waals surface area contributed by atoms with Crippen molar-refractivity contribution < 1.29 is 4.55 Å². The summed E-state index contributed by atoms with van der Waals surface area (Å²) in [6.45, 7) is 13.3. The van der Waals surface area contributed by atoms with Crippen LogP contribution in [-0.2, 0) is 18.4 Å². The van der Waals surface area contributed by atoms with Crippen LogP contribution in [0.25, 0.3) is 22.3 Å². The number of hydrogen-bond donors (Lipinski definition) is 0. The van der Waals surface area contributed by atoms with Crippen LogP contribution in [0.15, 0.2) is 33.6 Å². The van der Waals surface area contributed by atoms with E-state index in [1.807, 2.05) is 66.7 Å². The molecule has 0 aliphatic heterocycles. The quantitative estimate of drug-likeness (QED) is 0.466. The Bertz CT molecular complexity index is 1220. The van der Waals surface area contributed by atoms with Crippen LogP contribution < -0.4 is 5.56 Å². The molecule has 0 unspecified atom stereocenters. The van der Waals surface area contributed by atoms with E-state index < -0.39 is 16.1 Å². The van der Waals surface area contributed by atoms with E-state index in [-0.39, 0.29) is 5.56 Å². The number of fused-ring (bicyclic) bond motifs is 1. The number of aromatic nitrogens is 3. The fourth-order valence-electron chi connectivity index (χ4n) is 3.28. The van der Waals surface area contributed by atoms with Crippen molar-refractivity contribution in [1.82, 2.24) is 14.5 Å². The van der Waals surface area contributed by atoms with Crippen molar-refractivity contribution in [2.45, 2.75) is 53.2 Å². The van der Waals surface area contributed by atoms with Gasteiger partial charge in [-0.15, -0.1) is 0 Å². The molecular formula is C23H28N4O2S. The molecule has 1 atom stereocenters. The second-order valence-corrected chi connectivity index (χ2v) is 10.6. The van der Waals surface area contributed by atoms with Gasteiger partial charge in [0.2, 0.25) is 0 Å². The highest BCUT2D eigenvalue weighted by molar-refractivity contribution is 7.91. The van der Waals surface area contributed by atoms with Gasteiger partial charge in [0.15, 0.2) is 0 Å². The number of pyridine rings is 1. The van der Waals surface area contributed by atoms with E-state index in [1.54, 1.807) is 17.8 Å².